The smallest absolute Gasteiger partial charge is 0.411 e. The van der Waals surface area contributed by atoms with Crippen molar-refractivity contribution in [1.82, 2.24) is 0 Å². The lowest BCUT2D eigenvalue weighted by atomic mass is 10.1. The molecule has 0 aliphatic carbocycles. The number of halogens is 3. The molecule has 1 rings (SSSR count). The summed E-state index contributed by atoms with van der Waals surface area (Å²) in [6, 6.07) is 4.85. The lowest BCUT2D eigenvalue weighted by Gasteiger charge is -2.09. The van der Waals surface area contributed by atoms with E-state index in [1.54, 1.807) is 25.1 Å². The second-order valence-corrected chi connectivity index (χ2v) is 3.89. The van der Waals surface area contributed by atoms with Crippen molar-refractivity contribution < 1.29 is 27.4 Å². The zero-order chi connectivity index (χ0) is 14.5. The van der Waals surface area contributed by atoms with Crippen molar-refractivity contribution in [1.29, 1.82) is 0 Å². The molecule has 1 aromatic rings. The summed E-state index contributed by atoms with van der Waals surface area (Å²) in [6.07, 6.45) is -4.38. The van der Waals surface area contributed by atoms with Gasteiger partial charge in [-0.2, -0.15) is 13.2 Å². The normalized spacial score (nSPS) is 11.4. The average molecular weight is 277 g/mol. The second kappa shape index (κ2) is 6.42. The quantitative estimate of drug-likeness (QED) is 0.509. The van der Waals surface area contributed by atoms with Crippen LogP contribution in [0.5, 0.6) is 0 Å². The van der Waals surface area contributed by atoms with E-state index in [-0.39, 0.29) is 24.5 Å². The molecule has 0 saturated carbocycles. The van der Waals surface area contributed by atoms with Crippen molar-refractivity contribution in [3.63, 3.8) is 0 Å². The molecule has 1 aromatic carbocycles. The zero-order valence-electron chi connectivity index (χ0n) is 10.3. The van der Waals surface area contributed by atoms with E-state index < -0.39 is 18.8 Å². The van der Waals surface area contributed by atoms with Crippen LogP contribution in [0.2, 0.25) is 0 Å². The van der Waals surface area contributed by atoms with Crippen LogP contribution in [0.4, 0.5) is 18.9 Å². The molecule has 106 valence electrons. The molecule has 0 saturated heterocycles. The van der Waals surface area contributed by atoms with Gasteiger partial charge in [-0.05, 0) is 19.1 Å². The number of nitrogen functional groups attached to an aromatic ring is 1. The number of aryl methyl sites for hydroxylation is 1. The first-order valence-electron chi connectivity index (χ1n) is 5.47. The minimum absolute atomic E-state index is 0.191. The number of alkyl halides is 3. The number of rotatable bonds is 5. The molecule has 0 fully saturated rings. The number of ether oxygens (including phenoxy) is 2. The van der Waals surface area contributed by atoms with E-state index in [9.17, 15) is 18.0 Å². The summed E-state index contributed by atoms with van der Waals surface area (Å²) in [5.74, 6) is -0.684. The molecular formula is C12H14F3NO3. The maximum absolute atomic E-state index is 11.8. The highest BCUT2D eigenvalue weighted by Gasteiger charge is 2.27. The Balaban J connectivity index is 2.38. The van der Waals surface area contributed by atoms with Gasteiger partial charge >= 0.3 is 12.1 Å². The molecule has 19 heavy (non-hydrogen) atoms. The lowest BCUT2D eigenvalue weighted by Crippen LogP contribution is -2.20. The molecule has 4 nitrogen and oxygen atoms in total. The lowest BCUT2D eigenvalue weighted by molar-refractivity contribution is -0.175. The largest absolute Gasteiger partial charge is 0.460 e. The van der Waals surface area contributed by atoms with Crippen LogP contribution in [0.1, 0.15) is 15.9 Å². The number of esters is 1. The molecule has 0 aliphatic rings. The van der Waals surface area contributed by atoms with Crippen LogP contribution in [0.3, 0.4) is 0 Å². The molecule has 0 atom stereocenters. The summed E-state index contributed by atoms with van der Waals surface area (Å²) in [4.78, 5) is 11.6. The van der Waals surface area contributed by atoms with Crippen LogP contribution < -0.4 is 5.73 Å². The predicted octanol–water partition coefficient (Wildman–Crippen LogP) is 2.31. The summed E-state index contributed by atoms with van der Waals surface area (Å²) < 4.78 is 44.3. The summed E-state index contributed by atoms with van der Waals surface area (Å²) in [5, 5.41) is 0. The fourth-order valence-electron chi connectivity index (χ4n) is 1.31. The highest BCUT2D eigenvalue weighted by molar-refractivity contribution is 5.95. The first-order chi connectivity index (χ1) is 8.79. The van der Waals surface area contributed by atoms with E-state index >= 15 is 0 Å². The molecule has 0 amide bonds. The number of hydrogen-bond donors (Lipinski definition) is 1. The van der Waals surface area contributed by atoms with Crippen LogP contribution in [0, 0.1) is 6.92 Å². The average Bonchev–Trinajstić information content (AvgIpc) is 2.30. The van der Waals surface area contributed by atoms with Crippen LogP contribution in [-0.4, -0.2) is 32.0 Å². The number of carbonyl (C=O) groups excluding carboxylic acids is 1. The van der Waals surface area contributed by atoms with Crippen molar-refractivity contribution in [2.45, 2.75) is 13.1 Å². The molecule has 0 radical (unpaired) electrons. The van der Waals surface area contributed by atoms with Gasteiger partial charge < -0.3 is 15.2 Å². The summed E-state index contributed by atoms with van der Waals surface area (Å²) in [5.41, 5.74) is 6.87. The Morgan fingerprint density at radius 1 is 1.32 bits per heavy atom. The van der Waals surface area contributed by atoms with Crippen molar-refractivity contribution in [2.75, 3.05) is 25.6 Å². The monoisotopic (exact) mass is 277 g/mol. The van der Waals surface area contributed by atoms with Gasteiger partial charge in [-0.25, -0.2) is 4.79 Å². The number of hydrogen-bond acceptors (Lipinski definition) is 4. The summed E-state index contributed by atoms with van der Waals surface area (Å²) >= 11 is 0. The molecule has 0 unspecified atom stereocenters. The molecular weight excluding hydrogens is 263 g/mol. The Morgan fingerprint density at radius 2 is 2.00 bits per heavy atom. The van der Waals surface area contributed by atoms with E-state index in [4.69, 9.17) is 10.5 Å². The van der Waals surface area contributed by atoms with E-state index in [0.29, 0.717) is 0 Å². The minimum atomic E-state index is -4.38. The Kier molecular flexibility index (Phi) is 5.17. The first-order valence-corrected chi connectivity index (χ1v) is 5.47. The highest BCUT2D eigenvalue weighted by atomic mass is 19.4. The summed E-state index contributed by atoms with van der Waals surface area (Å²) in [6.45, 7) is -0.168. The van der Waals surface area contributed by atoms with Crippen molar-refractivity contribution in [2.24, 2.45) is 0 Å². The van der Waals surface area contributed by atoms with Crippen molar-refractivity contribution in [3.8, 4) is 0 Å². The molecule has 2 N–H and O–H groups in total. The second-order valence-electron chi connectivity index (χ2n) is 3.89. The van der Waals surface area contributed by atoms with Gasteiger partial charge in [-0.15, -0.1) is 0 Å². The number of anilines is 1. The van der Waals surface area contributed by atoms with Gasteiger partial charge in [0.05, 0.1) is 12.2 Å². The van der Waals surface area contributed by atoms with Gasteiger partial charge in [0.15, 0.2) is 0 Å². The van der Waals surface area contributed by atoms with Gasteiger partial charge in [0, 0.05) is 5.69 Å². The SMILES string of the molecule is Cc1ccc(N)c(C(=O)OCCOCC(F)(F)F)c1. The number of nitrogens with two attached hydrogens (primary N) is 1. The van der Waals surface area contributed by atoms with Crippen LogP contribution in [-0.2, 0) is 9.47 Å². The van der Waals surface area contributed by atoms with Gasteiger partial charge in [0.1, 0.15) is 13.2 Å². The highest BCUT2D eigenvalue weighted by Crippen LogP contribution is 2.15. The predicted molar refractivity (Wildman–Crippen MR) is 62.7 cm³/mol. The first kappa shape index (κ1) is 15.3. The molecule has 0 aliphatic heterocycles. The Labute approximate surface area is 108 Å². The van der Waals surface area contributed by atoms with Crippen LogP contribution in [0.25, 0.3) is 0 Å². The van der Waals surface area contributed by atoms with E-state index in [1.807, 2.05) is 0 Å². The molecule has 0 heterocycles. The number of carbonyl (C=O) groups is 1. The van der Waals surface area contributed by atoms with Gasteiger partial charge in [0.25, 0.3) is 0 Å². The molecule has 0 aromatic heterocycles. The zero-order valence-corrected chi connectivity index (χ0v) is 10.3. The number of benzene rings is 1. The third-order valence-electron chi connectivity index (χ3n) is 2.16. The third kappa shape index (κ3) is 5.60. The van der Waals surface area contributed by atoms with E-state index in [0.717, 1.165) is 5.56 Å². The molecule has 0 bridgehead atoms. The molecule has 7 heteroatoms. The fraction of sp³-hybridized carbons (Fsp3) is 0.417. The fourth-order valence-corrected chi connectivity index (χ4v) is 1.31. The summed E-state index contributed by atoms with van der Waals surface area (Å²) in [7, 11) is 0. The standard InChI is InChI=1S/C12H14F3NO3/c1-8-2-3-10(16)9(6-8)11(17)19-5-4-18-7-12(13,14)15/h2-3,6H,4-5,7,16H2,1H3. The van der Waals surface area contributed by atoms with Crippen molar-refractivity contribution in [3.05, 3.63) is 29.3 Å². The molecule has 0 spiro atoms. The Hall–Kier alpha value is -1.76. The maximum atomic E-state index is 11.8. The van der Waals surface area contributed by atoms with E-state index in [1.165, 1.54) is 0 Å². The topological polar surface area (TPSA) is 61.6 Å². The minimum Gasteiger partial charge on any atom is -0.460 e. The third-order valence-corrected chi connectivity index (χ3v) is 2.16. The van der Waals surface area contributed by atoms with Gasteiger partial charge in [-0.1, -0.05) is 11.6 Å². The Morgan fingerprint density at radius 3 is 2.63 bits per heavy atom. The van der Waals surface area contributed by atoms with Gasteiger partial charge in [-0.3, -0.25) is 0 Å². The van der Waals surface area contributed by atoms with Crippen molar-refractivity contribution >= 4 is 11.7 Å². The van der Waals surface area contributed by atoms with E-state index in [2.05, 4.69) is 4.74 Å². The van der Waals surface area contributed by atoms with Crippen LogP contribution in [0.15, 0.2) is 18.2 Å². The maximum Gasteiger partial charge on any atom is 0.411 e. The van der Waals surface area contributed by atoms with Crippen LogP contribution >= 0.6 is 0 Å². The van der Waals surface area contributed by atoms with Gasteiger partial charge in [0.2, 0.25) is 0 Å². The Bertz CT molecular complexity index is 446.